The van der Waals surface area contributed by atoms with Gasteiger partial charge in [-0.2, -0.15) is 5.10 Å². The fraction of sp³-hybridized carbons (Fsp3) is 0.471. The van der Waals surface area contributed by atoms with Crippen LogP contribution in [0.1, 0.15) is 33.8 Å². The predicted octanol–water partition coefficient (Wildman–Crippen LogP) is 0.158. The Morgan fingerprint density at radius 3 is 2.73 bits per heavy atom. The first kappa shape index (κ1) is 16.5. The molecule has 0 saturated carbocycles. The molecule has 0 atom stereocenters. The molecule has 0 aliphatic carbocycles. The smallest absolute Gasteiger partial charge is 0.272 e. The third-order valence-corrected chi connectivity index (χ3v) is 4.93. The summed E-state index contributed by atoms with van der Waals surface area (Å²) in [4.78, 5) is 36.9. The lowest BCUT2D eigenvalue weighted by Crippen LogP contribution is -2.45. The minimum absolute atomic E-state index is 0.0903. The Kier molecular flexibility index (Phi) is 4.27. The summed E-state index contributed by atoms with van der Waals surface area (Å²) in [6, 6.07) is 1.68. The van der Waals surface area contributed by atoms with Gasteiger partial charge in [0, 0.05) is 51.2 Å². The zero-order valence-electron chi connectivity index (χ0n) is 14.6. The monoisotopic (exact) mass is 355 g/mol. The molecule has 0 unspecified atom stereocenters. The number of aromatic nitrogens is 4. The van der Waals surface area contributed by atoms with Gasteiger partial charge >= 0.3 is 0 Å². The summed E-state index contributed by atoms with van der Waals surface area (Å²) in [5.41, 5.74) is 0.779. The minimum Gasteiger partial charge on any atom is -0.355 e. The molecule has 1 saturated heterocycles. The number of fused-ring (bicyclic) bond motifs is 1. The third kappa shape index (κ3) is 3.12. The Labute approximate surface area is 151 Å². The predicted molar refractivity (Wildman–Crippen MR) is 93.9 cm³/mol. The van der Waals surface area contributed by atoms with Crippen molar-refractivity contribution in [2.75, 3.05) is 31.6 Å². The summed E-state index contributed by atoms with van der Waals surface area (Å²) in [5.74, 6) is 0.544. The van der Waals surface area contributed by atoms with Crippen LogP contribution in [0, 0.1) is 0 Å². The number of hydrogen-bond acceptors (Lipinski definition) is 6. The summed E-state index contributed by atoms with van der Waals surface area (Å²) in [6.45, 7) is 2.84. The number of carbonyl (C=O) groups excluding carboxylic acids is 2. The van der Waals surface area contributed by atoms with E-state index in [1.54, 1.807) is 41.3 Å². The molecule has 2 aliphatic rings. The highest BCUT2D eigenvalue weighted by Gasteiger charge is 2.27. The molecule has 0 radical (unpaired) electrons. The minimum atomic E-state index is -0.222. The highest BCUT2D eigenvalue weighted by molar-refractivity contribution is 5.98. The van der Waals surface area contributed by atoms with Gasteiger partial charge in [0.1, 0.15) is 11.5 Å². The highest BCUT2D eigenvalue weighted by Crippen LogP contribution is 2.17. The van der Waals surface area contributed by atoms with Crippen LogP contribution in [0.5, 0.6) is 0 Å². The molecule has 2 aromatic heterocycles. The molecule has 0 aromatic carbocycles. The van der Waals surface area contributed by atoms with Crippen LogP contribution >= 0.6 is 0 Å². The molecule has 0 spiro atoms. The van der Waals surface area contributed by atoms with E-state index >= 15 is 0 Å². The molecule has 9 heteroatoms. The van der Waals surface area contributed by atoms with Gasteiger partial charge in [0.15, 0.2) is 5.69 Å². The van der Waals surface area contributed by atoms with Gasteiger partial charge in [0.05, 0.1) is 12.7 Å². The van der Waals surface area contributed by atoms with Gasteiger partial charge in [0.2, 0.25) is 0 Å². The maximum Gasteiger partial charge on any atom is 0.272 e. The molecule has 0 bridgehead atoms. The molecule has 136 valence electrons. The van der Waals surface area contributed by atoms with Gasteiger partial charge in [-0.1, -0.05) is 0 Å². The summed E-state index contributed by atoms with van der Waals surface area (Å²) in [7, 11) is 1.75. The zero-order chi connectivity index (χ0) is 18.1. The van der Waals surface area contributed by atoms with Gasteiger partial charge in [-0.05, 0) is 12.8 Å². The Bertz CT molecular complexity index is 812. The van der Waals surface area contributed by atoms with E-state index in [1.165, 1.54) is 0 Å². The van der Waals surface area contributed by atoms with E-state index in [4.69, 9.17) is 0 Å². The highest BCUT2D eigenvalue weighted by atomic mass is 16.2. The lowest BCUT2D eigenvalue weighted by Gasteiger charge is -2.32. The van der Waals surface area contributed by atoms with Crippen LogP contribution in [0.4, 0.5) is 5.82 Å². The molecule has 2 aromatic rings. The van der Waals surface area contributed by atoms with E-state index in [0.29, 0.717) is 24.5 Å². The molecular formula is C17H21N7O2. The lowest BCUT2D eigenvalue weighted by atomic mass is 10.0. The van der Waals surface area contributed by atoms with Crippen molar-refractivity contribution in [3.8, 4) is 0 Å². The Balaban J connectivity index is 1.36. The van der Waals surface area contributed by atoms with Crippen LogP contribution in [0.15, 0.2) is 24.7 Å². The van der Waals surface area contributed by atoms with Crippen LogP contribution in [0.3, 0.4) is 0 Å². The molecule has 2 aliphatic heterocycles. The van der Waals surface area contributed by atoms with Gasteiger partial charge in [0.25, 0.3) is 11.8 Å². The standard InChI is InChI=1S/C17H21N7O2/c1-22-8-9-24-14(17(22)26)10-13(21-24)16(25)20-12-2-6-23(7-3-12)15-11-18-4-5-19-15/h4-5,10-12H,2-3,6-9H2,1H3,(H,20,25). The van der Waals surface area contributed by atoms with Crippen molar-refractivity contribution in [2.24, 2.45) is 0 Å². The maximum atomic E-state index is 12.5. The Hall–Kier alpha value is -2.97. The molecule has 9 nitrogen and oxygen atoms in total. The third-order valence-electron chi connectivity index (χ3n) is 4.93. The van der Waals surface area contributed by atoms with Crippen LogP contribution in [0.2, 0.25) is 0 Å². The number of carbonyl (C=O) groups is 2. The van der Waals surface area contributed by atoms with E-state index in [0.717, 1.165) is 31.7 Å². The van der Waals surface area contributed by atoms with Crippen LogP contribution in [-0.4, -0.2) is 69.2 Å². The second-order valence-corrected chi connectivity index (χ2v) is 6.66. The lowest BCUT2D eigenvalue weighted by molar-refractivity contribution is 0.0742. The second-order valence-electron chi connectivity index (χ2n) is 6.66. The average Bonchev–Trinajstić information content (AvgIpc) is 3.11. The van der Waals surface area contributed by atoms with E-state index in [1.807, 2.05) is 0 Å². The number of piperidine rings is 1. The fourth-order valence-corrected chi connectivity index (χ4v) is 3.38. The van der Waals surface area contributed by atoms with Crippen molar-refractivity contribution < 1.29 is 9.59 Å². The van der Waals surface area contributed by atoms with Crippen LogP contribution in [-0.2, 0) is 6.54 Å². The average molecular weight is 355 g/mol. The first-order valence-corrected chi connectivity index (χ1v) is 8.77. The second kappa shape index (κ2) is 6.74. The number of rotatable bonds is 3. The number of hydrogen-bond donors (Lipinski definition) is 1. The zero-order valence-corrected chi connectivity index (χ0v) is 14.6. The molecule has 1 N–H and O–H groups in total. The Morgan fingerprint density at radius 2 is 2.00 bits per heavy atom. The molecule has 26 heavy (non-hydrogen) atoms. The molecule has 1 fully saturated rings. The van der Waals surface area contributed by atoms with Crippen molar-refractivity contribution in [3.63, 3.8) is 0 Å². The van der Waals surface area contributed by atoms with Crippen molar-refractivity contribution in [2.45, 2.75) is 25.4 Å². The van der Waals surface area contributed by atoms with Crippen molar-refractivity contribution in [1.82, 2.24) is 30.0 Å². The summed E-state index contributed by atoms with van der Waals surface area (Å²) >= 11 is 0. The number of nitrogens with zero attached hydrogens (tertiary/aromatic N) is 6. The SMILES string of the molecule is CN1CCn2nc(C(=O)NC3CCN(c4cnccn4)CC3)cc2C1=O. The fourth-order valence-electron chi connectivity index (χ4n) is 3.38. The molecular weight excluding hydrogens is 334 g/mol. The van der Waals surface area contributed by atoms with Gasteiger partial charge in [-0.25, -0.2) is 4.98 Å². The number of amides is 2. The molecule has 4 heterocycles. The van der Waals surface area contributed by atoms with Crippen molar-refractivity contribution in [3.05, 3.63) is 36.0 Å². The summed E-state index contributed by atoms with van der Waals surface area (Å²) < 4.78 is 1.62. The van der Waals surface area contributed by atoms with E-state index in [2.05, 4.69) is 25.3 Å². The summed E-state index contributed by atoms with van der Waals surface area (Å²) in [5, 5.41) is 7.33. The van der Waals surface area contributed by atoms with E-state index in [-0.39, 0.29) is 17.9 Å². The maximum absolute atomic E-state index is 12.5. The normalized spacial score (nSPS) is 18.0. The van der Waals surface area contributed by atoms with Gasteiger partial charge in [-0.15, -0.1) is 0 Å². The van der Waals surface area contributed by atoms with E-state index in [9.17, 15) is 9.59 Å². The largest absolute Gasteiger partial charge is 0.355 e. The van der Waals surface area contributed by atoms with Crippen LogP contribution in [0.25, 0.3) is 0 Å². The molecule has 2 amide bonds. The Morgan fingerprint density at radius 1 is 1.19 bits per heavy atom. The number of anilines is 1. The number of likely N-dealkylation sites (N-methyl/N-ethyl adjacent to an activating group) is 1. The first-order chi connectivity index (χ1) is 12.6. The van der Waals surface area contributed by atoms with Gasteiger partial charge < -0.3 is 15.1 Å². The number of nitrogens with one attached hydrogen (secondary N) is 1. The van der Waals surface area contributed by atoms with Crippen LogP contribution < -0.4 is 10.2 Å². The van der Waals surface area contributed by atoms with E-state index < -0.39 is 0 Å². The van der Waals surface area contributed by atoms with Gasteiger partial charge in [-0.3, -0.25) is 19.3 Å². The van der Waals surface area contributed by atoms with Crippen molar-refractivity contribution >= 4 is 17.6 Å². The van der Waals surface area contributed by atoms with Crippen molar-refractivity contribution in [1.29, 1.82) is 0 Å². The topological polar surface area (TPSA) is 96.2 Å². The molecule has 4 rings (SSSR count). The quantitative estimate of drug-likeness (QED) is 0.842. The summed E-state index contributed by atoms with van der Waals surface area (Å²) in [6.07, 6.45) is 6.75. The first-order valence-electron chi connectivity index (χ1n) is 8.77.